The third kappa shape index (κ3) is 3.81. The summed E-state index contributed by atoms with van der Waals surface area (Å²) in [5.74, 6) is -0.0700. The van der Waals surface area contributed by atoms with E-state index in [0.717, 1.165) is 21.5 Å². The smallest absolute Gasteiger partial charge is 0.258 e. The van der Waals surface area contributed by atoms with Gasteiger partial charge in [0.1, 0.15) is 6.17 Å². The number of benzene rings is 4. The number of dihydropyridines is 1. The zero-order valence-electron chi connectivity index (χ0n) is 17.8. The van der Waals surface area contributed by atoms with Crippen LogP contribution in [-0.2, 0) is 0 Å². The van der Waals surface area contributed by atoms with Crippen LogP contribution in [0.1, 0.15) is 29.1 Å². The first kappa shape index (κ1) is 20.2. The lowest BCUT2D eigenvalue weighted by molar-refractivity contribution is -0.00455. The van der Waals surface area contributed by atoms with Gasteiger partial charge in [-0.25, -0.2) is 0 Å². The third-order valence-corrected chi connectivity index (χ3v) is 5.91. The molecule has 1 aliphatic rings. The molecule has 32 heavy (non-hydrogen) atoms. The molecule has 0 bridgehead atoms. The average molecular weight is 421 g/mol. The van der Waals surface area contributed by atoms with E-state index in [9.17, 15) is 9.90 Å². The van der Waals surface area contributed by atoms with Crippen molar-refractivity contribution in [3.05, 3.63) is 108 Å². The molecule has 5 rings (SSSR count). The van der Waals surface area contributed by atoms with Crippen molar-refractivity contribution in [3.8, 4) is 0 Å². The number of amides is 1. The highest BCUT2D eigenvalue weighted by atomic mass is 16.3. The maximum atomic E-state index is 13.7. The number of aliphatic hydroxyl groups excluding tert-OH is 1. The molecule has 0 saturated carbocycles. The second-order valence-corrected chi connectivity index (χ2v) is 8.21. The van der Waals surface area contributed by atoms with Crippen molar-refractivity contribution in [2.24, 2.45) is 10.9 Å². The first-order valence-corrected chi connectivity index (χ1v) is 10.8. The minimum atomic E-state index is -1.14. The van der Waals surface area contributed by atoms with Crippen molar-refractivity contribution >= 4 is 33.7 Å². The molecule has 1 heterocycles. The van der Waals surface area contributed by atoms with Gasteiger partial charge in [-0.1, -0.05) is 79.7 Å². The molecule has 0 spiro atoms. The monoisotopic (exact) mass is 420 g/mol. The van der Waals surface area contributed by atoms with Crippen LogP contribution in [-0.4, -0.2) is 28.3 Å². The Hall–Kier alpha value is -3.76. The zero-order valence-corrected chi connectivity index (χ0v) is 17.8. The molecular weight excluding hydrogens is 396 g/mol. The predicted molar refractivity (Wildman–Crippen MR) is 130 cm³/mol. The molecule has 0 radical (unpaired) electrons. The van der Waals surface area contributed by atoms with Crippen molar-refractivity contribution in [3.63, 3.8) is 0 Å². The number of carbonyl (C=O) groups excluding carboxylic acids is 1. The fourth-order valence-corrected chi connectivity index (χ4v) is 4.14. The van der Waals surface area contributed by atoms with Gasteiger partial charge in [-0.05, 0) is 45.8 Å². The highest BCUT2D eigenvalue weighted by Gasteiger charge is 2.31. The van der Waals surface area contributed by atoms with Gasteiger partial charge in [0.25, 0.3) is 5.91 Å². The molecule has 1 amide bonds. The van der Waals surface area contributed by atoms with Gasteiger partial charge in [-0.2, -0.15) is 0 Å². The van der Waals surface area contributed by atoms with Crippen molar-refractivity contribution < 1.29 is 9.90 Å². The minimum absolute atomic E-state index is 0.196. The summed E-state index contributed by atoms with van der Waals surface area (Å²) >= 11 is 0. The molecule has 1 N–H and O–H groups in total. The molecule has 1 aliphatic heterocycles. The Labute approximate surface area is 187 Å². The van der Waals surface area contributed by atoms with E-state index in [-0.39, 0.29) is 11.8 Å². The topological polar surface area (TPSA) is 52.9 Å². The second-order valence-electron chi connectivity index (χ2n) is 8.21. The van der Waals surface area contributed by atoms with Crippen molar-refractivity contribution in [1.29, 1.82) is 0 Å². The molecule has 4 nitrogen and oxygen atoms in total. The van der Waals surface area contributed by atoms with Gasteiger partial charge < -0.3 is 5.11 Å². The molecule has 3 atom stereocenters. The molecule has 0 fully saturated rings. The van der Waals surface area contributed by atoms with E-state index in [2.05, 4.69) is 4.99 Å². The minimum Gasteiger partial charge on any atom is -0.369 e. The summed E-state index contributed by atoms with van der Waals surface area (Å²) in [4.78, 5) is 19.7. The van der Waals surface area contributed by atoms with Crippen LogP contribution in [0.2, 0.25) is 0 Å². The molecule has 158 valence electrons. The predicted octanol–water partition coefficient (Wildman–Crippen LogP) is 5.73. The van der Waals surface area contributed by atoms with E-state index in [1.807, 2.05) is 110 Å². The summed E-state index contributed by atoms with van der Waals surface area (Å²) in [7, 11) is 0. The fourth-order valence-electron chi connectivity index (χ4n) is 4.14. The van der Waals surface area contributed by atoms with Gasteiger partial charge in [-0.3, -0.25) is 14.7 Å². The second kappa shape index (κ2) is 8.40. The van der Waals surface area contributed by atoms with Crippen LogP contribution in [0.3, 0.4) is 0 Å². The number of rotatable bonds is 4. The Balaban J connectivity index is 1.56. The van der Waals surface area contributed by atoms with E-state index in [0.29, 0.717) is 11.1 Å². The van der Waals surface area contributed by atoms with E-state index < -0.39 is 12.4 Å². The maximum absolute atomic E-state index is 13.7. The molecule has 0 aliphatic carbocycles. The number of fused-ring (bicyclic) bond motifs is 2. The third-order valence-electron chi connectivity index (χ3n) is 5.91. The highest BCUT2D eigenvalue weighted by Crippen LogP contribution is 2.29. The number of hydrogen-bond acceptors (Lipinski definition) is 3. The Morgan fingerprint density at radius 3 is 2.12 bits per heavy atom. The van der Waals surface area contributed by atoms with Crippen LogP contribution in [0.25, 0.3) is 21.5 Å². The Morgan fingerprint density at radius 1 is 0.844 bits per heavy atom. The van der Waals surface area contributed by atoms with Crippen LogP contribution in [0.15, 0.2) is 102 Å². The highest BCUT2D eigenvalue weighted by molar-refractivity contribution is 5.99. The zero-order chi connectivity index (χ0) is 22.1. The lowest BCUT2D eigenvalue weighted by Gasteiger charge is -2.33. The van der Waals surface area contributed by atoms with Crippen molar-refractivity contribution in [2.45, 2.75) is 19.3 Å². The van der Waals surface area contributed by atoms with Crippen molar-refractivity contribution in [2.75, 3.05) is 0 Å². The molecular formula is C28H24N2O2. The van der Waals surface area contributed by atoms with E-state index >= 15 is 0 Å². The van der Waals surface area contributed by atoms with Crippen LogP contribution in [0.5, 0.6) is 0 Å². The Bertz CT molecular complexity index is 1340. The summed E-state index contributed by atoms with van der Waals surface area (Å²) in [5, 5.41) is 15.5. The summed E-state index contributed by atoms with van der Waals surface area (Å²) in [6.07, 6.45) is 3.99. The number of hydrogen-bond donors (Lipinski definition) is 1. The number of carbonyl (C=O) groups is 1. The first-order valence-electron chi connectivity index (χ1n) is 10.8. The maximum Gasteiger partial charge on any atom is 0.258 e. The Morgan fingerprint density at radius 2 is 1.47 bits per heavy atom. The molecule has 4 aromatic rings. The van der Waals surface area contributed by atoms with Gasteiger partial charge in [0, 0.05) is 23.3 Å². The standard InChI is InChI=1S/C28H24N2O2/c1-19-10-15-26(29-18-19)30(27(31)24-13-11-20-6-2-4-8-22(20)16-24)28(32)25-14-12-21-7-3-5-9-23(21)17-25/h2-19,26-27,31H,1H3. The summed E-state index contributed by atoms with van der Waals surface area (Å²) in [6, 6.07) is 27.3. The number of aliphatic imine (C=N–C) groups is 1. The molecule has 4 aromatic carbocycles. The van der Waals surface area contributed by atoms with E-state index in [4.69, 9.17) is 0 Å². The summed E-state index contributed by atoms with van der Waals surface area (Å²) < 4.78 is 0. The lowest BCUT2D eigenvalue weighted by Crippen LogP contribution is -2.42. The van der Waals surface area contributed by atoms with Gasteiger partial charge in [0.15, 0.2) is 6.23 Å². The molecule has 0 saturated heterocycles. The van der Waals surface area contributed by atoms with Gasteiger partial charge in [0.2, 0.25) is 0 Å². The summed E-state index contributed by atoms with van der Waals surface area (Å²) in [6.45, 7) is 2.03. The summed E-state index contributed by atoms with van der Waals surface area (Å²) in [5.41, 5.74) is 1.17. The lowest BCUT2D eigenvalue weighted by atomic mass is 10.0. The molecule has 4 heteroatoms. The van der Waals surface area contributed by atoms with Gasteiger partial charge in [-0.15, -0.1) is 0 Å². The van der Waals surface area contributed by atoms with E-state index in [1.165, 1.54) is 4.90 Å². The SMILES string of the molecule is CC1C=CC(N(C(=O)c2ccc3ccccc3c2)C(O)c2ccc3ccccc3c2)N=C1. The van der Waals surface area contributed by atoms with Crippen LogP contribution >= 0.6 is 0 Å². The largest absolute Gasteiger partial charge is 0.369 e. The molecule has 0 aromatic heterocycles. The van der Waals surface area contributed by atoms with E-state index in [1.54, 1.807) is 0 Å². The number of aliphatic hydroxyl groups is 1. The first-order chi connectivity index (χ1) is 15.6. The van der Waals surface area contributed by atoms with Crippen molar-refractivity contribution in [1.82, 2.24) is 4.90 Å². The van der Waals surface area contributed by atoms with Crippen LogP contribution in [0.4, 0.5) is 0 Å². The number of allylic oxidation sites excluding steroid dienone is 1. The average Bonchev–Trinajstić information content (AvgIpc) is 2.84. The van der Waals surface area contributed by atoms with Gasteiger partial charge >= 0.3 is 0 Å². The molecule has 3 unspecified atom stereocenters. The quantitative estimate of drug-likeness (QED) is 0.339. The van der Waals surface area contributed by atoms with Crippen LogP contribution < -0.4 is 0 Å². The normalized spacial score (nSPS) is 18.7. The fraction of sp³-hybridized carbons (Fsp3) is 0.143. The number of nitrogens with zero attached hydrogens (tertiary/aromatic N) is 2. The van der Waals surface area contributed by atoms with Gasteiger partial charge in [0.05, 0.1) is 0 Å². The Kier molecular flexibility index (Phi) is 5.29. The van der Waals surface area contributed by atoms with Crippen LogP contribution in [0, 0.1) is 5.92 Å².